The summed E-state index contributed by atoms with van der Waals surface area (Å²) in [4.78, 5) is 20.0. The van der Waals surface area contributed by atoms with Gasteiger partial charge < -0.3 is 5.11 Å². The van der Waals surface area contributed by atoms with E-state index < -0.39 is 10.9 Å². The smallest absolute Gasteiger partial charge is 0.348 e. The monoisotopic (exact) mass is 209 g/mol. The van der Waals surface area contributed by atoms with E-state index in [1.807, 2.05) is 0 Å². The molecule has 0 radical (unpaired) electrons. The van der Waals surface area contributed by atoms with E-state index in [1.54, 1.807) is 6.07 Å². The Kier molecular flexibility index (Phi) is 3.33. The summed E-state index contributed by atoms with van der Waals surface area (Å²) in [5.74, 6) is -1.24. The summed E-state index contributed by atoms with van der Waals surface area (Å²) in [5.41, 5.74) is 2.25. The molecule has 0 atom stereocenters. The van der Waals surface area contributed by atoms with Crippen molar-refractivity contribution in [3.05, 3.63) is 34.4 Å². The molecule has 0 fully saturated rings. The minimum Gasteiger partial charge on any atom is -0.477 e. The Bertz CT molecular complexity index is 416. The lowest BCUT2D eigenvalue weighted by atomic mass is 10.3. The van der Waals surface area contributed by atoms with Gasteiger partial charge in [-0.25, -0.2) is 4.79 Å². The van der Waals surface area contributed by atoms with Crippen LogP contribution in [0.15, 0.2) is 29.4 Å². The van der Waals surface area contributed by atoms with Crippen molar-refractivity contribution in [1.29, 1.82) is 0 Å². The molecule has 1 aromatic rings. The molecule has 0 aromatic heterocycles. The predicted octanol–water partition coefficient (Wildman–Crippen LogP) is 1.08. The Morgan fingerprint density at radius 3 is 2.80 bits per heavy atom. The van der Waals surface area contributed by atoms with Gasteiger partial charge in [0, 0.05) is 6.07 Å². The number of anilines is 1. The summed E-state index contributed by atoms with van der Waals surface area (Å²) in [5, 5.41) is 22.1. The Labute approximate surface area is 84.2 Å². The zero-order valence-corrected chi connectivity index (χ0v) is 7.45. The lowest BCUT2D eigenvalue weighted by Crippen LogP contribution is -2.00. The summed E-state index contributed by atoms with van der Waals surface area (Å²) in [6.07, 6.45) is 0.608. The number of para-hydroxylation sites is 2. The summed E-state index contributed by atoms with van der Waals surface area (Å²) in [7, 11) is 0. The van der Waals surface area contributed by atoms with Crippen LogP contribution in [0.3, 0.4) is 0 Å². The van der Waals surface area contributed by atoms with Crippen molar-refractivity contribution in [1.82, 2.24) is 0 Å². The second kappa shape index (κ2) is 4.70. The highest BCUT2D eigenvalue weighted by atomic mass is 16.6. The molecule has 7 nitrogen and oxygen atoms in total. The zero-order valence-electron chi connectivity index (χ0n) is 7.45. The largest absolute Gasteiger partial charge is 0.477 e. The maximum atomic E-state index is 10.5. The highest BCUT2D eigenvalue weighted by Crippen LogP contribution is 2.22. The van der Waals surface area contributed by atoms with E-state index in [4.69, 9.17) is 5.11 Å². The van der Waals surface area contributed by atoms with Crippen LogP contribution < -0.4 is 5.43 Å². The van der Waals surface area contributed by atoms with E-state index >= 15 is 0 Å². The number of nitrogens with one attached hydrogen (secondary N) is 1. The van der Waals surface area contributed by atoms with E-state index in [9.17, 15) is 14.9 Å². The van der Waals surface area contributed by atoms with Gasteiger partial charge in [0.1, 0.15) is 11.9 Å². The number of hydrazone groups is 1. The second-order valence-electron chi connectivity index (χ2n) is 2.48. The lowest BCUT2D eigenvalue weighted by Gasteiger charge is -1.99. The van der Waals surface area contributed by atoms with Gasteiger partial charge in [-0.15, -0.1) is 0 Å². The van der Waals surface area contributed by atoms with Crippen molar-refractivity contribution in [3.63, 3.8) is 0 Å². The second-order valence-corrected chi connectivity index (χ2v) is 2.48. The fourth-order valence-corrected chi connectivity index (χ4v) is 0.884. The number of nitrogens with zero attached hydrogens (tertiary/aromatic N) is 2. The predicted molar refractivity (Wildman–Crippen MR) is 52.8 cm³/mol. The van der Waals surface area contributed by atoms with Crippen molar-refractivity contribution < 1.29 is 14.8 Å². The first-order valence-electron chi connectivity index (χ1n) is 3.86. The quantitative estimate of drug-likeness (QED) is 0.438. The molecule has 0 saturated heterocycles. The SMILES string of the molecule is O=C(O)/C=N/Nc1ccccc1[N+](=O)[O-]. The molecular formula is C8H7N3O4. The maximum Gasteiger partial charge on any atom is 0.348 e. The third kappa shape index (κ3) is 3.07. The average Bonchev–Trinajstić information content (AvgIpc) is 2.17. The van der Waals surface area contributed by atoms with E-state index in [0.29, 0.717) is 6.21 Å². The average molecular weight is 209 g/mol. The van der Waals surface area contributed by atoms with Crippen LogP contribution >= 0.6 is 0 Å². The number of carbonyl (C=O) groups is 1. The molecule has 1 aromatic carbocycles. The third-order valence-electron chi connectivity index (χ3n) is 1.46. The van der Waals surface area contributed by atoms with Crippen LogP contribution in [-0.4, -0.2) is 22.2 Å². The van der Waals surface area contributed by atoms with Crippen molar-refractivity contribution in [2.75, 3.05) is 5.43 Å². The number of aliphatic carboxylic acids is 1. The molecule has 0 amide bonds. The van der Waals surface area contributed by atoms with Crippen molar-refractivity contribution >= 4 is 23.6 Å². The van der Waals surface area contributed by atoms with Gasteiger partial charge in [-0.05, 0) is 6.07 Å². The molecule has 15 heavy (non-hydrogen) atoms. The standard InChI is InChI=1S/C8H7N3O4/c12-8(13)5-9-10-6-3-1-2-4-7(6)11(14)15/h1-5,10H,(H,12,13)/b9-5+. The van der Waals surface area contributed by atoms with Gasteiger partial charge in [0.25, 0.3) is 5.69 Å². The number of nitro groups is 1. The van der Waals surface area contributed by atoms with Crippen molar-refractivity contribution in [2.24, 2.45) is 5.10 Å². The molecule has 0 bridgehead atoms. The molecule has 0 saturated carbocycles. The van der Waals surface area contributed by atoms with Crippen LogP contribution in [0.25, 0.3) is 0 Å². The van der Waals surface area contributed by atoms with Gasteiger partial charge >= 0.3 is 5.97 Å². The van der Waals surface area contributed by atoms with Crippen LogP contribution in [0.2, 0.25) is 0 Å². The molecule has 0 heterocycles. The molecule has 0 aliphatic rings. The van der Waals surface area contributed by atoms with Crippen LogP contribution in [0.4, 0.5) is 11.4 Å². The molecule has 7 heteroatoms. The minimum atomic E-state index is -1.24. The molecule has 2 N–H and O–H groups in total. The van der Waals surface area contributed by atoms with Crippen LogP contribution in [-0.2, 0) is 4.79 Å². The molecule has 1 rings (SSSR count). The fourth-order valence-electron chi connectivity index (χ4n) is 0.884. The Balaban J connectivity index is 2.85. The molecule has 0 spiro atoms. The van der Waals surface area contributed by atoms with Crippen LogP contribution in [0, 0.1) is 10.1 Å². The number of nitro benzene ring substituents is 1. The molecule has 0 aliphatic carbocycles. The third-order valence-corrected chi connectivity index (χ3v) is 1.46. The number of rotatable bonds is 4. The lowest BCUT2D eigenvalue weighted by molar-refractivity contribution is -0.384. The van der Waals surface area contributed by atoms with Crippen molar-refractivity contribution in [2.45, 2.75) is 0 Å². The summed E-state index contributed by atoms with van der Waals surface area (Å²) >= 11 is 0. The van der Waals surface area contributed by atoms with Gasteiger partial charge in [0.2, 0.25) is 0 Å². The fraction of sp³-hybridized carbons (Fsp3) is 0. The molecule has 78 valence electrons. The first-order chi connectivity index (χ1) is 7.11. The minimum absolute atomic E-state index is 0.139. The summed E-state index contributed by atoms with van der Waals surface area (Å²) in [6.45, 7) is 0. The van der Waals surface area contributed by atoms with Gasteiger partial charge in [-0.2, -0.15) is 5.10 Å². The van der Waals surface area contributed by atoms with Gasteiger partial charge in [0.05, 0.1) is 4.92 Å². The van der Waals surface area contributed by atoms with Crippen molar-refractivity contribution in [3.8, 4) is 0 Å². The van der Waals surface area contributed by atoms with E-state index in [-0.39, 0.29) is 11.4 Å². The summed E-state index contributed by atoms with van der Waals surface area (Å²) in [6, 6.07) is 5.80. The van der Waals surface area contributed by atoms with Crippen LogP contribution in [0.5, 0.6) is 0 Å². The highest BCUT2D eigenvalue weighted by Gasteiger charge is 2.10. The van der Waals surface area contributed by atoms with Crippen LogP contribution in [0.1, 0.15) is 0 Å². The maximum absolute atomic E-state index is 10.5. The number of hydrogen-bond acceptors (Lipinski definition) is 5. The van der Waals surface area contributed by atoms with Gasteiger partial charge in [-0.3, -0.25) is 15.5 Å². The number of carboxylic acid groups (broad SMARTS) is 1. The summed E-state index contributed by atoms with van der Waals surface area (Å²) < 4.78 is 0. The molecule has 0 unspecified atom stereocenters. The van der Waals surface area contributed by atoms with Gasteiger partial charge in [0.15, 0.2) is 0 Å². The number of hydrogen-bond donors (Lipinski definition) is 2. The number of benzene rings is 1. The first-order valence-corrected chi connectivity index (χ1v) is 3.86. The van der Waals surface area contributed by atoms with E-state index in [2.05, 4.69) is 10.5 Å². The first kappa shape index (κ1) is 10.6. The Morgan fingerprint density at radius 2 is 2.20 bits per heavy atom. The van der Waals surface area contributed by atoms with E-state index in [0.717, 1.165) is 0 Å². The molecular weight excluding hydrogens is 202 g/mol. The zero-order chi connectivity index (χ0) is 11.3. The topological polar surface area (TPSA) is 105 Å². The highest BCUT2D eigenvalue weighted by molar-refractivity contribution is 6.22. The normalized spacial score (nSPS) is 10.1. The van der Waals surface area contributed by atoms with Gasteiger partial charge in [-0.1, -0.05) is 12.1 Å². The molecule has 0 aliphatic heterocycles. The number of carboxylic acids is 1. The Morgan fingerprint density at radius 1 is 1.53 bits per heavy atom. The van der Waals surface area contributed by atoms with E-state index in [1.165, 1.54) is 18.2 Å². The Hall–Kier alpha value is -2.44.